The van der Waals surface area contributed by atoms with Crippen LogP contribution in [-0.2, 0) is 13.1 Å². The first kappa shape index (κ1) is 22.8. The van der Waals surface area contributed by atoms with Crippen molar-refractivity contribution in [1.29, 1.82) is 0 Å². The number of anilines is 2. The molecule has 170 valence electrons. The van der Waals surface area contributed by atoms with E-state index in [9.17, 15) is 9.59 Å². The molecule has 0 radical (unpaired) electrons. The SMILES string of the molecule is O=C(NCc1ccc(CN2CCCC2)cc1)Nc1cccc(C(=O)Nc2ccc(Cl)cn2)c1. The van der Waals surface area contributed by atoms with Crippen LogP contribution in [0.4, 0.5) is 16.3 Å². The summed E-state index contributed by atoms with van der Waals surface area (Å²) in [5.41, 5.74) is 3.23. The van der Waals surface area contributed by atoms with Gasteiger partial charge in [0, 0.05) is 30.5 Å². The maximum atomic E-state index is 12.5. The fraction of sp³-hybridized carbons (Fsp3) is 0.240. The van der Waals surface area contributed by atoms with Gasteiger partial charge in [-0.1, -0.05) is 41.9 Å². The standard InChI is InChI=1S/C25H26ClN5O2/c26-21-10-11-23(27-16-21)30-24(32)20-4-3-5-22(14-20)29-25(33)28-15-18-6-8-19(9-7-18)17-31-12-1-2-13-31/h3-11,14,16H,1-2,12-13,15,17H2,(H,27,30,32)(H2,28,29,33). The number of amides is 3. The van der Waals surface area contributed by atoms with Gasteiger partial charge in [0.25, 0.3) is 5.91 Å². The minimum Gasteiger partial charge on any atom is -0.334 e. The first-order valence-electron chi connectivity index (χ1n) is 10.9. The number of likely N-dealkylation sites (tertiary alicyclic amines) is 1. The van der Waals surface area contributed by atoms with Crippen LogP contribution in [0.2, 0.25) is 5.02 Å². The summed E-state index contributed by atoms with van der Waals surface area (Å²) in [7, 11) is 0. The maximum Gasteiger partial charge on any atom is 0.319 e. The van der Waals surface area contributed by atoms with Crippen molar-refractivity contribution in [2.45, 2.75) is 25.9 Å². The lowest BCUT2D eigenvalue weighted by atomic mass is 10.1. The Morgan fingerprint density at radius 2 is 1.70 bits per heavy atom. The van der Waals surface area contributed by atoms with E-state index in [1.54, 1.807) is 36.4 Å². The summed E-state index contributed by atoms with van der Waals surface area (Å²) < 4.78 is 0. The number of nitrogens with one attached hydrogen (secondary N) is 3. The van der Waals surface area contributed by atoms with Gasteiger partial charge in [-0.3, -0.25) is 9.69 Å². The van der Waals surface area contributed by atoms with Gasteiger partial charge in [0.2, 0.25) is 0 Å². The largest absolute Gasteiger partial charge is 0.334 e. The first-order valence-corrected chi connectivity index (χ1v) is 11.3. The molecule has 2 aromatic carbocycles. The van der Waals surface area contributed by atoms with Crippen LogP contribution in [0.1, 0.15) is 34.3 Å². The van der Waals surface area contributed by atoms with Crippen LogP contribution in [0.3, 0.4) is 0 Å². The molecular formula is C25H26ClN5O2. The Morgan fingerprint density at radius 1 is 0.939 bits per heavy atom. The van der Waals surface area contributed by atoms with Crippen molar-refractivity contribution in [2.24, 2.45) is 0 Å². The molecule has 7 nitrogen and oxygen atoms in total. The molecule has 4 rings (SSSR count). The first-order chi connectivity index (χ1) is 16.0. The molecule has 0 atom stereocenters. The molecule has 1 aliphatic rings. The summed E-state index contributed by atoms with van der Waals surface area (Å²) >= 11 is 5.81. The van der Waals surface area contributed by atoms with Crippen molar-refractivity contribution in [3.05, 3.63) is 88.6 Å². The number of hydrogen-bond donors (Lipinski definition) is 3. The molecule has 1 saturated heterocycles. The molecule has 0 bridgehead atoms. The van der Waals surface area contributed by atoms with Gasteiger partial charge in [-0.05, 0) is 67.4 Å². The number of nitrogens with zero attached hydrogens (tertiary/aromatic N) is 2. The highest BCUT2D eigenvalue weighted by Crippen LogP contribution is 2.15. The molecule has 1 aromatic heterocycles. The molecule has 1 aliphatic heterocycles. The minimum absolute atomic E-state index is 0.331. The number of aromatic nitrogens is 1. The number of pyridine rings is 1. The molecule has 0 unspecified atom stereocenters. The zero-order valence-corrected chi connectivity index (χ0v) is 18.9. The Hall–Kier alpha value is -3.42. The lowest BCUT2D eigenvalue weighted by Gasteiger charge is -2.14. The lowest BCUT2D eigenvalue weighted by Crippen LogP contribution is -2.28. The summed E-state index contributed by atoms with van der Waals surface area (Å²) in [5.74, 6) is 0.0647. The number of carbonyl (C=O) groups excluding carboxylic acids is 2. The Labute approximate surface area is 198 Å². The molecule has 3 aromatic rings. The van der Waals surface area contributed by atoms with Crippen LogP contribution in [0, 0.1) is 0 Å². The summed E-state index contributed by atoms with van der Waals surface area (Å²) in [5, 5.41) is 8.81. The van der Waals surface area contributed by atoms with Gasteiger partial charge in [-0.25, -0.2) is 9.78 Å². The Morgan fingerprint density at radius 3 is 2.42 bits per heavy atom. The monoisotopic (exact) mass is 463 g/mol. The van der Waals surface area contributed by atoms with E-state index in [1.807, 2.05) is 12.1 Å². The van der Waals surface area contributed by atoms with Crippen molar-refractivity contribution in [3.63, 3.8) is 0 Å². The van der Waals surface area contributed by atoms with Gasteiger partial charge in [-0.15, -0.1) is 0 Å². The molecule has 3 amide bonds. The van der Waals surface area contributed by atoms with Crippen LogP contribution >= 0.6 is 11.6 Å². The second kappa shape index (κ2) is 10.9. The van der Waals surface area contributed by atoms with Crippen LogP contribution in [0.25, 0.3) is 0 Å². The molecular weight excluding hydrogens is 438 g/mol. The van der Waals surface area contributed by atoms with E-state index < -0.39 is 0 Å². The van der Waals surface area contributed by atoms with Crippen LogP contribution < -0.4 is 16.0 Å². The van der Waals surface area contributed by atoms with Gasteiger partial charge < -0.3 is 16.0 Å². The second-order valence-corrected chi connectivity index (χ2v) is 8.44. The molecule has 0 spiro atoms. The van der Waals surface area contributed by atoms with Gasteiger partial charge >= 0.3 is 6.03 Å². The van der Waals surface area contributed by atoms with Crippen molar-refractivity contribution in [2.75, 3.05) is 23.7 Å². The third-order valence-electron chi connectivity index (χ3n) is 5.43. The average Bonchev–Trinajstić information content (AvgIpc) is 3.33. The van der Waals surface area contributed by atoms with E-state index >= 15 is 0 Å². The average molecular weight is 464 g/mol. The van der Waals surface area contributed by atoms with E-state index in [1.165, 1.54) is 37.7 Å². The fourth-order valence-electron chi connectivity index (χ4n) is 3.70. The third kappa shape index (κ3) is 6.78. The van der Waals surface area contributed by atoms with Crippen LogP contribution in [-0.4, -0.2) is 34.9 Å². The number of urea groups is 1. The topological polar surface area (TPSA) is 86.4 Å². The fourth-order valence-corrected chi connectivity index (χ4v) is 3.81. The van der Waals surface area contributed by atoms with Gasteiger partial charge in [-0.2, -0.15) is 0 Å². The molecule has 1 fully saturated rings. The molecule has 0 saturated carbocycles. The van der Waals surface area contributed by atoms with Crippen molar-refractivity contribution in [3.8, 4) is 0 Å². The highest BCUT2D eigenvalue weighted by molar-refractivity contribution is 6.30. The Kier molecular flexibility index (Phi) is 7.55. The van der Waals surface area contributed by atoms with Gasteiger partial charge in [0.15, 0.2) is 0 Å². The third-order valence-corrected chi connectivity index (χ3v) is 5.66. The van der Waals surface area contributed by atoms with E-state index in [-0.39, 0.29) is 11.9 Å². The Balaban J connectivity index is 1.27. The maximum absolute atomic E-state index is 12.5. The predicted octanol–water partition coefficient (Wildman–Crippen LogP) is 4.90. The molecule has 3 N–H and O–H groups in total. The Bertz CT molecular complexity index is 1100. The predicted molar refractivity (Wildman–Crippen MR) is 130 cm³/mol. The lowest BCUT2D eigenvalue weighted by molar-refractivity contribution is 0.102. The van der Waals surface area contributed by atoms with E-state index in [2.05, 4.69) is 38.0 Å². The molecule has 8 heteroatoms. The number of carbonyl (C=O) groups is 2. The molecule has 2 heterocycles. The van der Waals surface area contributed by atoms with Crippen LogP contribution in [0.15, 0.2) is 66.9 Å². The smallest absolute Gasteiger partial charge is 0.319 e. The van der Waals surface area contributed by atoms with Crippen molar-refractivity contribution >= 4 is 35.0 Å². The highest BCUT2D eigenvalue weighted by Gasteiger charge is 2.12. The summed E-state index contributed by atoms with van der Waals surface area (Å²) in [6.07, 6.45) is 4.02. The number of benzene rings is 2. The van der Waals surface area contributed by atoms with E-state index in [4.69, 9.17) is 11.6 Å². The number of halogens is 1. The normalized spacial score (nSPS) is 13.5. The second-order valence-electron chi connectivity index (χ2n) is 8.00. The van der Waals surface area contributed by atoms with Crippen molar-refractivity contribution in [1.82, 2.24) is 15.2 Å². The zero-order chi connectivity index (χ0) is 23.0. The minimum atomic E-state index is -0.340. The quantitative estimate of drug-likeness (QED) is 0.465. The summed E-state index contributed by atoms with van der Waals surface area (Å²) in [6.45, 7) is 3.74. The molecule has 0 aliphatic carbocycles. The van der Waals surface area contributed by atoms with Gasteiger partial charge in [0.1, 0.15) is 5.82 Å². The van der Waals surface area contributed by atoms with E-state index in [0.29, 0.717) is 28.6 Å². The van der Waals surface area contributed by atoms with Crippen LogP contribution in [0.5, 0.6) is 0 Å². The summed E-state index contributed by atoms with van der Waals surface area (Å²) in [4.78, 5) is 31.3. The number of hydrogen-bond acceptors (Lipinski definition) is 4. The van der Waals surface area contributed by atoms with Gasteiger partial charge in [0.05, 0.1) is 5.02 Å². The summed E-state index contributed by atoms with van der Waals surface area (Å²) in [6, 6.07) is 18.0. The van der Waals surface area contributed by atoms with E-state index in [0.717, 1.165) is 12.1 Å². The highest BCUT2D eigenvalue weighted by atomic mass is 35.5. The molecule has 33 heavy (non-hydrogen) atoms. The zero-order valence-electron chi connectivity index (χ0n) is 18.2. The van der Waals surface area contributed by atoms with Crippen molar-refractivity contribution < 1.29 is 9.59 Å². The number of rotatable bonds is 7.